The second-order valence-corrected chi connectivity index (χ2v) is 13.2. The maximum Gasteiger partial charge on any atom is 0.170 e. The Bertz CT molecular complexity index is 2200. The lowest BCUT2D eigenvalue weighted by Crippen LogP contribution is -2.15. The molecule has 51 heavy (non-hydrogen) atoms. The number of nitrogens with zero attached hydrogens (tertiary/aromatic N) is 3. The molecule has 4 aromatic carbocycles. The summed E-state index contributed by atoms with van der Waals surface area (Å²) < 4.78 is 5.33. The molecule has 0 aliphatic heterocycles. The fourth-order valence-corrected chi connectivity index (χ4v) is 7.15. The van der Waals surface area contributed by atoms with Crippen LogP contribution in [0, 0.1) is 27.7 Å². The van der Waals surface area contributed by atoms with Crippen molar-refractivity contribution < 1.29 is 25.2 Å². The summed E-state index contributed by atoms with van der Waals surface area (Å²) in [4.78, 5) is 1.10. The van der Waals surface area contributed by atoms with E-state index < -0.39 is 0 Å². The maximum absolute atomic E-state index is 9.65. The molecule has 0 amide bonds. The zero-order chi connectivity index (χ0) is 36.8. The van der Waals surface area contributed by atoms with Crippen LogP contribution in [0.15, 0.2) is 99.1 Å². The largest absolute Gasteiger partial charge is 0.508 e. The van der Waals surface area contributed by atoms with E-state index in [1.807, 2.05) is 68.6 Å². The van der Waals surface area contributed by atoms with Gasteiger partial charge in [-0.05, 0) is 121 Å². The Kier molecular flexibility index (Phi) is 11.1. The van der Waals surface area contributed by atoms with Gasteiger partial charge >= 0.3 is 0 Å². The molecule has 6 aromatic rings. The summed E-state index contributed by atoms with van der Waals surface area (Å²) in [6, 6.07) is 24.1. The summed E-state index contributed by atoms with van der Waals surface area (Å²) in [7, 11) is 0. The molecule has 0 unspecified atom stereocenters. The van der Waals surface area contributed by atoms with E-state index in [2.05, 4.69) is 41.4 Å². The average Bonchev–Trinajstić information content (AvgIpc) is 3.70. The molecule has 0 spiro atoms. The molecule has 8 N–H and O–H groups in total. The maximum atomic E-state index is 9.65. The highest BCUT2D eigenvalue weighted by Gasteiger charge is 2.23. The van der Waals surface area contributed by atoms with Gasteiger partial charge in [0, 0.05) is 32.7 Å². The van der Waals surface area contributed by atoms with Crippen LogP contribution in [0.5, 0.6) is 11.5 Å². The van der Waals surface area contributed by atoms with E-state index in [0.29, 0.717) is 17.0 Å². The van der Waals surface area contributed by atoms with Crippen molar-refractivity contribution in [1.82, 2.24) is 5.16 Å². The van der Waals surface area contributed by atoms with Gasteiger partial charge in [0.2, 0.25) is 0 Å². The number of aromatic hydroxyl groups is 2. The second kappa shape index (κ2) is 15.6. The fourth-order valence-electron chi connectivity index (χ4n) is 6.15. The average molecular weight is 704 g/mol. The second-order valence-electron chi connectivity index (χ2n) is 12.2. The molecule has 6 rings (SSSR count). The Morgan fingerprint density at radius 1 is 0.725 bits per heavy atom. The molecule has 2 heterocycles. The van der Waals surface area contributed by atoms with Gasteiger partial charge in [0.15, 0.2) is 11.7 Å². The quantitative estimate of drug-likeness (QED) is 0.0393. The van der Waals surface area contributed by atoms with E-state index in [4.69, 9.17) is 16.0 Å². The Balaban J connectivity index is 0.000000198. The summed E-state index contributed by atoms with van der Waals surface area (Å²) in [6.45, 7) is 9.80. The highest BCUT2D eigenvalue weighted by atomic mass is 32.1. The van der Waals surface area contributed by atoms with Gasteiger partial charge in [0.05, 0.1) is 5.69 Å². The summed E-state index contributed by atoms with van der Waals surface area (Å²) in [5, 5.41) is 50.3. The lowest BCUT2D eigenvalue weighted by atomic mass is 9.87. The molecule has 0 aliphatic carbocycles. The molecule has 0 aliphatic rings. The Hall–Kier alpha value is -6.07. The standard InChI is InChI=1S/C21H22N2O2S.C19H19N3O3/c1-3-4-14-11-17(15-5-7-16(24)8-6-15)19(18(12-14)21(22)23-25)20-13(2)9-10-26-20;1-10-8-15(13-4-6-14(23)7-5-13)18(16(9-10)19(20)21-24)17-11(2)22-25-12(17)3/h5-12,24-25H,3-4H2,1-2H3,(H2,22,23);4-9,23-24H,1-3H3,(H2,20,21). The number of aromatic nitrogens is 1. The van der Waals surface area contributed by atoms with Crippen molar-refractivity contribution in [3.8, 4) is 55.3 Å². The molecule has 2 aromatic heterocycles. The van der Waals surface area contributed by atoms with Crippen molar-refractivity contribution in [1.29, 1.82) is 0 Å². The van der Waals surface area contributed by atoms with Crippen LogP contribution < -0.4 is 11.5 Å². The predicted molar refractivity (Wildman–Crippen MR) is 204 cm³/mol. The number of phenolic OH excluding ortho intramolecular Hbond substituents is 2. The molecule has 0 saturated carbocycles. The summed E-state index contributed by atoms with van der Waals surface area (Å²) >= 11 is 1.63. The first-order chi connectivity index (χ1) is 24.5. The van der Waals surface area contributed by atoms with Crippen LogP contribution in [0.1, 0.15) is 52.6 Å². The highest BCUT2D eigenvalue weighted by molar-refractivity contribution is 7.13. The van der Waals surface area contributed by atoms with Crippen LogP contribution in [-0.4, -0.2) is 37.5 Å². The number of thiophene rings is 1. The van der Waals surface area contributed by atoms with Crippen LogP contribution in [0.3, 0.4) is 0 Å². The van der Waals surface area contributed by atoms with Crippen LogP contribution in [0.2, 0.25) is 0 Å². The van der Waals surface area contributed by atoms with Crippen LogP contribution in [0.25, 0.3) is 43.8 Å². The summed E-state index contributed by atoms with van der Waals surface area (Å²) in [6.07, 6.45) is 1.91. The third-order valence-electron chi connectivity index (χ3n) is 8.52. The van der Waals surface area contributed by atoms with Crippen molar-refractivity contribution in [2.24, 2.45) is 21.8 Å². The number of aryl methyl sites for hydroxylation is 5. The first-order valence-corrected chi connectivity index (χ1v) is 17.2. The zero-order valence-corrected chi connectivity index (χ0v) is 29.9. The highest BCUT2D eigenvalue weighted by Crippen LogP contribution is 2.42. The van der Waals surface area contributed by atoms with Crippen molar-refractivity contribution in [3.63, 3.8) is 0 Å². The lowest BCUT2D eigenvalue weighted by Gasteiger charge is -2.17. The van der Waals surface area contributed by atoms with Crippen LogP contribution in [0.4, 0.5) is 0 Å². The van der Waals surface area contributed by atoms with E-state index in [1.165, 1.54) is 0 Å². The molecule has 0 radical (unpaired) electrons. The number of oxime groups is 2. The van der Waals surface area contributed by atoms with Gasteiger partial charge in [-0.15, -0.1) is 11.3 Å². The number of hydrogen-bond donors (Lipinski definition) is 6. The SMILES string of the molecule is CCCc1cc(C(N)=NO)c(-c2sccc2C)c(-c2ccc(O)cc2)c1.Cc1cc(C(N)=NO)c(-c2c(C)noc2C)c(-c2ccc(O)cc2)c1. The Morgan fingerprint density at radius 3 is 1.75 bits per heavy atom. The minimum absolute atomic E-state index is 0.0127. The van der Waals surface area contributed by atoms with Gasteiger partial charge in [-0.2, -0.15) is 0 Å². The number of amidine groups is 2. The van der Waals surface area contributed by atoms with E-state index >= 15 is 0 Å². The van der Waals surface area contributed by atoms with Crippen LogP contribution >= 0.6 is 11.3 Å². The topological polar surface area (TPSA) is 184 Å². The smallest absolute Gasteiger partial charge is 0.170 e. The molecule has 0 bridgehead atoms. The van der Waals surface area contributed by atoms with Gasteiger partial charge in [0.1, 0.15) is 17.3 Å². The molecule has 0 fully saturated rings. The van der Waals surface area contributed by atoms with Crippen molar-refractivity contribution in [3.05, 3.63) is 124 Å². The van der Waals surface area contributed by atoms with Gasteiger partial charge in [0.25, 0.3) is 0 Å². The third kappa shape index (κ3) is 7.73. The molecule has 0 atom stereocenters. The fraction of sp³-hybridized carbons (Fsp3) is 0.175. The normalized spacial score (nSPS) is 11.7. The van der Waals surface area contributed by atoms with Gasteiger partial charge < -0.3 is 36.6 Å². The lowest BCUT2D eigenvalue weighted by molar-refractivity contribution is 0.318. The van der Waals surface area contributed by atoms with Crippen molar-refractivity contribution in [2.45, 2.75) is 47.5 Å². The third-order valence-corrected chi connectivity index (χ3v) is 9.55. The Morgan fingerprint density at radius 2 is 1.27 bits per heavy atom. The number of phenols is 2. The van der Waals surface area contributed by atoms with Crippen molar-refractivity contribution >= 4 is 23.0 Å². The van der Waals surface area contributed by atoms with E-state index in [-0.39, 0.29) is 23.2 Å². The van der Waals surface area contributed by atoms with Gasteiger partial charge in [-0.25, -0.2) is 0 Å². The van der Waals surface area contributed by atoms with E-state index in [0.717, 1.165) is 78.9 Å². The molecular weight excluding hydrogens is 663 g/mol. The van der Waals surface area contributed by atoms with E-state index in [1.54, 1.807) is 35.6 Å². The number of hydrogen-bond acceptors (Lipinski definition) is 9. The minimum Gasteiger partial charge on any atom is -0.508 e. The van der Waals surface area contributed by atoms with Gasteiger partial charge in [-0.1, -0.05) is 65.2 Å². The van der Waals surface area contributed by atoms with Crippen LogP contribution in [-0.2, 0) is 6.42 Å². The molecule has 0 saturated heterocycles. The number of benzene rings is 4. The van der Waals surface area contributed by atoms with Gasteiger partial charge in [-0.3, -0.25) is 0 Å². The van der Waals surface area contributed by atoms with E-state index in [9.17, 15) is 20.6 Å². The molecule has 262 valence electrons. The molecular formula is C40H41N5O5S. The summed E-state index contributed by atoms with van der Waals surface area (Å²) in [5.74, 6) is 1.17. The number of nitrogens with two attached hydrogens (primary N) is 2. The first-order valence-electron chi connectivity index (χ1n) is 16.3. The zero-order valence-electron chi connectivity index (χ0n) is 29.1. The molecule has 11 heteroatoms. The minimum atomic E-state index is 0.0127. The Labute approximate surface area is 300 Å². The molecule has 10 nitrogen and oxygen atoms in total. The number of rotatable bonds is 8. The van der Waals surface area contributed by atoms with Crippen molar-refractivity contribution in [2.75, 3.05) is 0 Å². The monoisotopic (exact) mass is 703 g/mol. The summed E-state index contributed by atoms with van der Waals surface area (Å²) in [5.41, 5.74) is 23.6. The first kappa shape index (κ1) is 36.2. The predicted octanol–water partition coefficient (Wildman–Crippen LogP) is 8.88.